The van der Waals surface area contributed by atoms with E-state index in [-0.39, 0.29) is 10.8 Å². The fourth-order valence-electron chi connectivity index (χ4n) is 13.7. The fraction of sp³-hybridized carbons (Fsp3) is 0.393. The van der Waals surface area contributed by atoms with Crippen molar-refractivity contribution in [2.45, 2.75) is 103 Å². The molecule has 0 radical (unpaired) electrons. The molecule has 4 aliphatic rings. The second-order valence-electron chi connectivity index (χ2n) is 20.5. The quantitative estimate of drug-likeness (QED) is 0.167. The third-order valence-corrected chi connectivity index (χ3v) is 15.5. The molecule has 4 unspecified atom stereocenters. The van der Waals surface area contributed by atoms with Gasteiger partial charge >= 0.3 is 0 Å². The zero-order valence-electron chi connectivity index (χ0n) is 36.1. The molecule has 0 saturated heterocycles. The highest BCUT2D eigenvalue weighted by Crippen LogP contribution is 2.55. The van der Waals surface area contributed by atoms with Gasteiger partial charge in [0.1, 0.15) is 11.7 Å². The van der Waals surface area contributed by atoms with E-state index in [2.05, 4.69) is 119 Å². The molecule has 4 bridgehead atoms. The van der Waals surface area contributed by atoms with Crippen molar-refractivity contribution >= 4 is 21.9 Å². The first-order valence-electron chi connectivity index (χ1n) is 23.1. The van der Waals surface area contributed by atoms with E-state index < -0.39 is 0 Å². The molecule has 2 aromatic heterocycles. The minimum atomic E-state index is 0.276. The Balaban J connectivity index is 0.958. The maximum Gasteiger partial charge on any atom is 0.164 e. The lowest BCUT2D eigenvalue weighted by atomic mass is 9.54. The Morgan fingerprint density at radius 2 is 0.918 bits per heavy atom. The highest BCUT2D eigenvalue weighted by atomic mass is 16.3. The number of para-hydroxylation sites is 1. The first-order valence-corrected chi connectivity index (χ1v) is 23.1. The lowest BCUT2D eigenvalue weighted by molar-refractivity contribution is 0.0779. The Kier molecular flexibility index (Phi) is 9.30. The molecule has 4 aliphatic carbocycles. The maximum absolute atomic E-state index is 9.66. The van der Waals surface area contributed by atoms with Crippen LogP contribution >= 0.6 is 0 Å². The van der Waals surface area contributed by atoms with Gasteiger partial charge in [-0.05, 0) is 151 Å². The van der Waals surface area contributed by atoms with Crippen molar-refractivity contribution in [3.8, 4) is 51.4 Å². The van der Waals surface area contributed by atoms with Crippen LogP contribution in [0.3, 0.4) is 0 Å². The second-order valence-corrected chi connectivity index (χ2v) is 20.5. The van der Waals surface area contributed by atoms with E-state index in [1.807, 2.05) is 18.2 Å². The average molecular weight is 801 g/mol. The third kappa shape index (κ3) is 6.87. The summed E-state index contributed by atoms with van der Waals surface area (Å²) in [5.74, 6) is 6.86. The van der Waals surface area contributed by atoms with Crippen molar-refractivity contribution in [3.05, 3.63) is 126 Å². The molecule has 0 N–H and O–H groups in total. The highest BCUT2D eigenvalue weighted by Gasteiger charge is 2.46. The molecule has 2 heterocycles. The highest BCUT2D eigenvalue weighted by molar-refractivity contribution is 6.07. The summed E-state index contributed by atoms with van der Waals surface area (Å²) < 4.78 is 6.12. The number of rotatable bonds is 6. The predicted molar refractivity (Wildman–Crippen MR) is 247 cm³/mol. The molecule has 61 heavy (non-hydrogen) atoms. The molecule has 5 aromatic carbocycles. The molecule has 7 aromatic rings. The van der Waals surface area contributed by atoms with Crippen LogP contribution in [-0.4, -0.2) is 15.0 Å². The van der Waals surface area contributed by atoms with Crippen molar-refractivity contribution in [3.63, 3.8) is 0 Å². The van der Waals surface area contributed by atoms with Crippen LogP contribution in [0.15, 0.2) is 114 Å². The van der Waals surface area contributed by atoms with Crippen LogP contribution in [0.4, 0.5) is 0 Å². The summed E-state index contributed by atoms with van der Waals surface area (Å²) in [6.07, 6.45) is 13.3. The Morgan fingerprint density at radius 3 is 1.38 bits per heavy atom. The van der Waals surface area contributed by atoms with E-state index in [1.54, 1.807) is 6.07 Å². The van der Waals surface area contributed by atoms with Gasteiger partial charge in [0.05, 0.1) is 5.56 Å². The molecular formula is C56H56N4O. The third-order valence-electron chi connectivity index (χ3n) is 15.5. The number of hydrogen-bond acceptors (Lipinski definition) is 5. The number of aromatic nitrogens is 3. The first-order chi connectivity index (χ1) is 29.6. The van der Waals surface area contributed by atoms with Gasteiger partial charge in [-0.25, -0.2) is 15.0 Å². The van der Waals surface area contributed by atoms with Gasteiger partial charge in [-0.2, -0.15) is 5.26 Å². The van der Waals surface area contributed by atoms with Gasteiger partial charge in [-0.3, -0.25) is 0 Å². The zero-order chi connectivity index (χ0) is 41.5. The number of hydrogen-bond donors (Lipinski definition) is 0. The number of nitriles is 1. The molecule has 0 amide bonds. The SMILES string of the molecule is C[C@@H]1CC2C[C@H](C)CC(c3ccc(-c4nc(-c5ccc(-c6ccc7oc8c(C#N)cccc8c7c6)cc5)nc(-c5ccc(C67CC(C[C@@H](C)C6)C[C@H](C)C7)cc5)n4)cc3)(C2)C1. The summed E-state index contributed by atoms with van der Waals surface area (Å²) >= 11 is 0. The molecule has 8 atom stereocenters. The zero-order valence-corrected chi connectivity index (χ0v) is 36.1. The maximum atomic E-state index is 9.66. The summed E-state index contributed by atoms with van der Waals surface area (Å²) in [5.41, 5.74) is 10.7. The smallest absolute Gasteiger partial charge is 0.164 e. The molecule has 0 spiro atoms. The average Bonchev–Trinajstić information content (AvgIpc) is 3.64. The molecule has 306 valence electrons. The van der Waals surface area contributed by atoms with Crippen molar-refractivity contribution in [1.82, 2.24) is 15.0 Å². The van der Waals surface area contributed by atoms with Crippen molar-refractivity contribution in [1.29, 1.82) is 5.26 Å². The van der Waals surface area contributed by atoms with Crippen LogP contribution in [-0.2, 0) is 10.8 Å². The van der Waals surface area contributed by atoms with E-state index in [0.717, 1.165) is 79.7 Å². The van der Waals surface area contributed by atoms with Crippen LogP contribution in [0.1, 0.15) is 109 Å². The molecular weight excluding hydrogens is 745 g/mol. The first kappa shape index (κ1) is 38.3. The Labute approximate surface area is 360 Å². The van der Waals surface area contributed by atoms with E-state index in [4.69, 9.17) is 19.4 Å². The van der Waals surface area contributed by atoms with E-state index >= 15 is 0 Å². The van der Waals surface area contributed by atoms with E-state index in [9.17, 15) is 5.26 Å². The topological polar surface area (TPSA) is 75.6 Å². The van der Waals surface area contributed by atoms with Gasteiger partial charge in [0.2, 0.25) is 0 Å². The van der Waals surface area contributed by atoms with Gasteiger partial charge in [0.25, 0.3) is 0 Å². The van der Waals surface area contributed by atoms with Crippen LogP contribution < -0.4 is 0 Å². The summed E-state index contributed by atoms with van der Waals surface area (Å²) in [5, 5.41) is 11.6. The number of benzene rings is 5. The minimum absolute atomic E-state index is 0.276. The summed E-state index contributed by atoms with van der Waals surface area (Å²) in [6, 6.07) is 41.5. The van der Waals surface area contributed by atoms with Gasteiger partial charge in [0.15, 0.2) is 23.1 Å². The van der Waals surface area contributed by atoms with Gasteiger partial charge in [-0.1, -0.05) is 119 Å². The van der Waals surface area contributed by atoms with E-state index in [1.165, 1.54) is 75.3 Å². The van der Waals surface area contributed by atoms with E-state index in [0.29, 0.717) is 28.6 Å². The van der Waals surface area contributed by atoms with Crippen LogP contribution in [0, 0.1) is 46.8 Å². The second kappa shape index (κ2) is 14.8. The Hall–Kier alpha value is -5.60. The van der Waals surface area contributed by atoms with Gasteiger partial charge < -0.3 is 4.42 Å². The Bertz CT molecular complexity index is 2670. The molecule has 11 rings (SSSR count). The molecule has 4 saturated carbocycles. The molecule has 4 fully saturated rings. The van der Waals surface area contributed by atoms with Crippen molar-refractivity contribution in [2.24, 2.45) is 35.5 Å². The van der Waals surface area contributed by atoms with Gasteiger partial charge in [-0.15, -0.1) is 0 Å². The number of fused-ring (bicyclic) bond motifs is 7. The molecule has 5 heteroatoms. The summed E-state index contributed by atoms with van der Waals surface area (Å²) in [7, 11) is 0. The molecule has 0 aliphatic heterocycles. The lowest BCUT2D eigenvalue weighted by Gasteiger charge is -2.50. The predicted octanol–water partition coefficient (Wildman–Crippen LogP) is 14.5. The van der Waals surface area contributed by atoms with Gasteiger partial charge in [0, 0.05) is 27.5 Å². The van der Waals surface area contributed by atoms with Crippen molar-refractivity contribution < 1.29 is 4.42 Å². The lowest BCUT2D eigenvalue weighted by Crippen LogP contribution is -2.42. The summed E-state index contributed by atoms with van der Waals surface area (Å²) in [6.45, 7) is 9.86. The fourth-order valence-corrected chi connectivity index (χ4v) is 13.7. The van der Waals surface area contributed by atoms with Crippen LogP contribution in [0.2, 0.25) is 0 Å². The monoisotopic (exact) mass is 800 g/mol. The largest absolute Gasteiger partial charge is 0.455 e. The Morgan fingerprint density at radius 1 is 0.492 bits per heavy atom. The number of furan rings is 1. The normalized spacial score (nSPS) is 28.4. The van der Waals surface area contributed by atoms with Crippen LogP contribution in [0.25, 0.3) is 67.2 Å². The van der Waals surface area contributed by atoms with Crippen LogP contribution in [0.5, 0.6) is 0 Å². The minimum Gasteiger partial charge on any atom is -0.455 e. The number of nitrogens with zero attached hydrogens (tertiary/aromatic N) is 4. The standard InChI is InChI=1S/C56H56N4O/c1-34-22-38-23-35(2)28-55(27-34,31-38)46-17-12-42(13-18-46)53-58-52(59-54(60-53)43-14-19-47(20-15-43)56-29-36(3)24-39(32-56)25-37(4)30-56)41-10-8-40(9-11-41)44-16-21-50-49(26-44)48-7-5-6-45(33-57)51(48)61-50/h5-21,26,34-39H,22-25,27-32H2,1-4H3/t34-,35+,36-,37+,38?,39?,55?,56?. The van der Waals surface area contributed by atoms with Crippen molar-refractivity contribution in [2.75, 3.05) is 0 Å². The molecule has 5 nitrogen and oxygen atoms in total. The summed E-state index contributed by atoms with van der Waals surface area (Å²) in [4.78, 5) is 15.6.